The van der Waals surface area contributed by atoms with Crippen LogP contribution in [0.15, 0.2) is 85.3 Å². The molecule has 2 N–H and O–H groups in total. The summed E-state index contributed by atoms with van der Waals surface area (Å²) in [6.07, 6.45) is 14.4. The Bertz CT molecular complexity index is 2470. The molecule has 0 atom stereocenters. The zero-order valence-corrected chi connectivity index (χ0v) is 48.8. The van der Waals surface area contributed by atoms with Gasteiger partial charge in [0.2, 0.25) is 48.2 Å². The summed E-state index contributed by atoms with van der Waals surface area (Å²) in [6.45, 7) is 24.4. The Hall–Kier alpha value is -8.22. The Morgan fingerprint density at radius 2 is 1.36 bits per heavy atom. The Kier molecular flexibility index (Phi) is 35.6. The fraction of sp³-hybridized carbons (Fsp3) is 0.400. The molecule has 408 valence electrons. The molecule has 0 fully saturated rings. The van der Waals surface area contributed by atoms with E-state index in [9.17, 15) is 0 Å². The molecule has 0 spiro atoms. The van der Waals surface area contributed by atoms with Crippen molar-refractivity contribution in [1.29, 1.82) is 0 Å². The molecule has 0 unspecified atom stereocenters. The number of rotatable bonds is 0. The number of aryl methyl sites for hydroxylation is 16. The Balaban J connectivity index is 0.000000415. The van der Waals surface area contributed by atoms with Crippen LogP contribution in [0.3, 0.4) is 0 Å². The van der Waals surface area contributed by atoms with Crippen molar-refractivity contribution in [2.75, 3.05) is 0 Å². The SMILES string of the molecule is C[n+]1ccn[nH]1.Cc1c[n+](C)[nH]n1.Cc1cnsn1.Cc1csnn1.Cc1ncno1.Cc1ncon1.Cc1nnc(C)o1.Cc1nnc(C)s1.Cc1nnco1.Cc1nncs1.Cc1nnsc1C.Cn1cnnc1. The van der Waals surface area contributed by atoms with Crippen LogP contribution in [0.25, 0.3) is 0 Å². The molecule has 0 amide bonds. The van der Waals surface area contributed by atoms with Crippen LogP contribution in [0, 0.1) is 90.0 Å². The molecule has 12 rings (SSSR count). The van der Waals surface area contributed by atoms with E-state index < -0.39 is 0 Å². The fourth-order valence-electron chi connectivity index (χ4n) is 3.44. The van der Waals surface area contributed by atoms with Gasteiger partial charge >= 0.3 is 0 Å². The van der Waals surface area contributed by atoms with E-state index in [0.29, 0.717) is 29.4 Å². The number of nitrogens with zero attached hydrogens (tertiary/aromatic N) is 25. The van der Waals surface area contributed by atoms with E-state index in [1.807, 2.05) is 94.3 Å². The minimum Gasteiger partial charge on any atom is -0.428 e. The lowest BCUT2D eigenvalue weighted by atomic mass is 10.4. The van der Waals surface area contributed by atoms with Crippen molar-refractivity contribution in [3.63, 3.8) is 0 Å². The highest BCUT2D eigenvalue weighted by Gasteiger charge is 1.95. The van der Waals surface area contributed by atoms with Gasteiger partial charge in [-0.25, -0.2) is 0 Å². The third-order valence-electron chi connectivity index (χ3n) is 6.83. The van der Waals surface area contributed by atoms with Gasteiger partial charge in [0.05, 0.1) is 35.0 Å². The first-order valence-corrected chi connectivity index (χ1v) is 25.6. The fourth-order valence-corrected chi connectivity index (χ4v) is 5.68. The van der Waals surface area contributed by atoms with Crippen LogP contribution in [0.2, 0.25) is 0 Å². The van der Waals surface area contributed by atoms with Gasteiger partial charge in [0, 0.05) is 62.1 Å². The molecule has 12 aromatic heterocycles. The smallest absolute Gasteiger partial charge is 0.223 e. The molecule has 0 saturated heterocycles. The molecule has 0 aromatic carbocycles. The van der Waals surface area contributed by atoms with E-state index >= 15 is 0 Å². The lowest BCUT2D eigenvalue weighted by Gasteiger charge is -1.74. The minimum atomic E-state index is 0.606. The zero-order valence-electron chi connectivity index (χ0n) is 44.7. The van der Waals surface area contributed by atoms with Crippen molar-refractivity contribution in [1.82, 2.24) is 124 Å². The van der Waals surface area contributed by atoms with Crippen molar-refractivity contribution in [2.24, 2.45) is 21.1 Å². The maximum atomic E-state index is 4.86. The quantitative estimate of drug-likeness (QED) is 0.183. The van der Waals surface area contributed by atoms with Crippen LogP contribution >= 0.6 is 57.5 Å². The Morgan fingerprint density at radius 3 is 1.51 bits per heavy atom. The summed E-state index contributed by atoms with van der Waals surface area (Å²) in [5, 5.41) is 68.2. The van der Waals surface area contributed by atoms with Crippen LogP contribution in [0.4, 0.5) is 0 Å². The third kappa shape index (κ3) is 38.4. The van der Waals surface area contributed by atoms with Crippen molar-refractivity contribution < 1.29 is 27.2 Å². The number of H-pyrrole nitrogens is 2. The summed E-state index contributed by atoms with van der Waals surface area (Å²) in [4.78, 5) is 8.49. The minimum absolute atomic E-state index is 0.606. The Labute approximate surface area is 457 Å². The first-order chi connectivity index (χ1) is 36.3. The highest BCUT2D eigenvalue weighted by molar-refractivity contribution is 7.11. The van der Waals surface area contributed by atoms with Gasteiger partial charge in [0.1, 0.15) is 47.3 Å². The van der Waals surface area contributed by atoms with E-state index in [0.717, 1.165) is 37.8 Å². The largest absolute Gasteiger partial charge is 0.428 e. The van der Waals surface area contributed by atoms with Crippen molar-refractivity contribution in [2.45, 2.75) is 90.0 Å². The van der Waals surface area contributed by atoms with Crippen molar-refractivity contribution in [3.05, 3.63) is 140 Å². The van der Waals surface area contributed by atoms with Gasteiger partial charge < -0.3 is 22.4 Å². The summed E-state index contributed by atoms with van der Waals surface area (Å²) >= 11 is 7.24. The second kappa shape index (κ2) is 41.2. The third-order valence-corrected chi connectivity index (χ3v) is 10.1. The van der Waals surface area contributed by atoms with Gasteiger partial charge in [-0.3, -0.25) is 0 Å². The number of aromatic nitrogens is 27. The highest BCUT2D eigenvalue weighted by Crippen LogP contribution is 2.05. The molecule has 0 aliphatic heterocycles. The lowest BCUT2D eigenvalue weighted by Crippen LogP contribution is -2.28. The molecular formula is C40H61N27O4S5+2. The summed E-state index contributed by atoms with van der Waals surface area (Å²) in [7, 11) is 5.66. The van der Waals surface area contributed by atoms with Gasteiger partial charge in [-0.1, -0.05) is 29.7 Å². The summed E-state index contributed by atoms with van der Waals surface area (Å²) in [5.41, 5.74) is 5.78. The van der Waals surface area contributed by atoms with E-state index in [2.05, 4.69) is 133 Å². The maximum Gasteiger partial charge on any atom is 0.223 e. The van der Waals surface area contributed by atoms with E-state index in [1.165, 1.54) is 58.8 Å². The number of nitrogens with one attached hydrogen (secondary N) is 2. The van der Waals surface area contributed by atoms with Crippen LogP contribution in [0.5, 0.6) is 0 Å². The van der Waals surface area contributed by atoms with Crippen molar-refractivity contribution in [3.8, 4) is 0 Å². The number of aromatic amines is 2. The molecular weight excluding hydrogens is 1080 g/mol. The lowest BCUT2D eigenvalue weighted by molar-refractivity contribution is -0.730. The Morgan fingerprint density at radius 1 is 0.645 bits per heavy atom. The molecule has 76 heavy (non-hydrogen) atoms. The van der Waals surface area contributed by atoms with E-state index in [4.69, 9.17) is 4.42 Å². The van der Waals surface area contributed by atoms with Crippen LogP contribution in [-0.2, 0) is 21.1 Å². The topological polar surface area (TPSA) is 380 Å². The second-order valence-electron chi connectivity index (χ2n) is 13.9. The summed E-state index contributed by atoms with van der Waals surface area (Å²) in [5.74, 6) is 3.13. The molecule has 0 saturated carbocycles. The van der Waals surface area contributed by atoms with Gasteiger partial charge in [-0.15, -0.1) is 83.9 Å². The van der Waals surface area contributed by atoms with Gasteiger partial charge in [0.15, 0.2) is 24.5 Å². The van der Waals surface area contributed by atoms with Crippen LogP contribution < -0.4 is 9.36 Å². The molecule has 0 radical (unpaired) electrons. The summed E-state index contributed by atoms with van der Waals surface area (Å²) in [6, 6.07) is 0. The molecule has 0 bridgehead atoms. The number of hydrogen-bond donors (Lipinski definition) is 2. The average molecular weight is 1140 g/mol. The maximum absolute atomic E-state index is 4.86. The standard InChI is InChI=1S/C4H7N3.C4H6N2O.2C4H6N2S.2C3H5N3.3C3H4N2O.3C3H4N2S/c1-4-3-7(2)6-5-4;2*1-3-5-6-4(2)7-3;1-3-4(2)7-6-5-3;1-6-2-4-5-3-6;1-6-3-2-4-5-6;1-3-5-4-2-6-3;1-3-4-2-6-5-3;1-3-4-2-5-6-3;1-3-5-4-2-6-3;1-3-2-6-5-4-3;1-3-2-4-6-5-3/h3H,1-2H3;3*1-2H3;2*2-3H,1H3;6*2H,1H3/p+2. The van der Waals surface area contributed by atoms with Crippen LogP contribution in [0.1, 0.15) is 72.1 Å². The van der Waals surface area contributed by atoms with E-state index in [1.54, 1.807) is 102 Å². The summed E-state index contributed by atoms with van der Waals surface area (Å²) < 4.78 is 38.6. The first-order valence-electron chi connectivity index (χ1n) is 21.5. The molecule has 0 aliphatic rings. The molecule has 0 aliphatic carbocycles. The normalized spacial score (nSPS) is 9.05. The van der Waals surface area contributed by atoms with Gasteiger partial charge in [-0.05, 0) is 78.5 Å². The average Bonchev–Trinajstić information content (AvgIpc) is 4.18. The molecule has 12 aromatic rings. The predicted octanol–water partition coefficient (Wildman–Crippen LogP) is 5.26. The molecule has 36 heteroatoms. The van der Waals surface area contributed by atoms with Gasteiger partial charge in [-0.2, -0.15) is 28.1 Å². The molecule has 12 heterocycles. The molecule has 31 nitrogen and oxygen atoms in total. The van der Waals surface area contributed by atoms with E-state index in [-0.39, 0.29) is 0 Å². The number of hydrogen-bond acceptors (Lipinski definition) is 31. The van der Waals surface area contributed by atoms with Gasteiger partial charge in [0.25, 0.3) is 0 Å². The first kappa shape index (κ1) is 65.8. The second-order valence-corrected chi connectivity index (χ2v) is 18.5. The predicted molar refractivity (Wildman–Crippen MR) is 279 cm³/mol. The zero-order chi connectivity index (χ0) is 56.4. The van der Waals surface area contributed by atoms with Crippen LogP contribution in [-0.4, -0.2) is 124 Å². The monoisotopic (exact) mass is 1140 g/mol. The highest BCUT2D eigenvalue weighted by atomic mass is 32.1. The van der Waals surface area contributed by atoms with Crippen molar-refractivity contribution >= 4 is 57.5 Å².